The van der Waals surface area contributed by atoms with E-state index < -0.39 is 0 Å². The molecule has 1 amide bonds. The van der Waals surface area contributed by atoms with Crippen LogP contribution < -0.4 is 5.32 Å². The number of aromatic nitrogens is 3. The van der Waals surface area contributed by atoms with Crippen molar-refractivity contribution in [3.05, 3.63) is 41.7 Å². The summed E-state index contributed by atoms with van der Waals surface area (Å²) >= 11 is 0. The molecule has 1 aliphatic heterocycles. The summed E-state index contributed by atoms with van der Waals surface area (Å²) in [6, 6.07) is 3.80. The van der Waals surface area contributed by atoms with Crippen LogP contribution in [0.15, 0.2) is 29.0 Å². The van der Waals surface area contributed by atoms with E-state index in [1.165, 1.54) is 6.26 Å². The Morgan fingerprint density at radius 2 is 2.17 bits per heavy atom. The Kier molecular flexibility index (Phi) is 3.78. The molecule has 2 N–H and O–H groups in total. The predicted octanol–water partition coefficient (Wildman–Crippen LogP) is 3.01. The number of rotatable bonds is 3. The molecule has 124 valence electrons. The number of carbonyl (C=O) groups excluding carboxylic acids is 1. The number of oxazole rings is 1. The molecule has 0 unspecified atom stereocenters. The molecule has 7 nitrogen and oxygen atoms in total. The van der Waals surface area contributed by atoms with E-state index in [1.807, 2.05) is 19.1 Å². The monoisotopic (exact) mass is 326 g/mol. The minimum absolute atomic E-state index is 0.221. The number of H-pyrrole nitrogens is 1. The first kappa shape index (κ1) is 14.9. The van der Waals surface area contributed by atoms with E-state index in [-0.39, 0.29) is 17.5 Å². The number of hydrogen-bond donors (Lipinski definition) is 2. The van der Waals surface area contributed by atoms with Gasteiger partial charge in [0.25, 0.3) is 5.91 Å². The van der Waals surface area contributed by atoms with Crippen molar-refractivity contribution >= 4 is 22.5 Å². The van der Waals surface area contributed by atoms with Crippen LogP contribution in [0.2, 0.25) is 0 Å². The van der Waals surface area contributed by atoms with Crippen LogP contribution in [0.1, 0.15) is 40.7 Å². The lowest BCUT2D eigenvalue weighted by Gasteiger charge is -2.18. The molecule has 1 saturated heterocycles. The molecule has 0 saturated carbocycles. The lowest BCUT2D eigenvalue weighted by molar-refractivity contribution is 0.0794. The van der Waals surface area contributed by atoms with Gasteiger partial charge in [0.15, 0.2) is 11.6 Å². The van der Waals surface area contributed by atoms with Crippen molar-refractivity contribution < 1.29 is 13.9 Å². The molecule has 0 aliphatic carbocycles. The summed E-state index contributed by atoms with van der Waals surface area (Å²) < 4.78 is 10.8. The quantitative estimate of drug-likeness (QED) is 0.772. The zero-order valence-electron chi connectivity index (χ0n) is 13.3. The van der Waals surface area contributed by atoms with Crippen molar-refractivity contribution in [3.63, 3.8) is 0 Å². The summed E-state index contributed by atoms with van der Waals surface area (Å²) in [5.74, 6) is 0.537. The second-order valence-electron chi connectivity index (χ2n) is 6.00. The van der Waals surface area contributed by atoms with Gasteiger partial charge in [0.2, 0.25) is 0 Å². The lowest BCUT2D eigenvalue weighted by Crippen LogP contribution is -2.16. The summed E-state index contributed by atoms with van der Waals surface area (Å²) in [6.45, 7) is 3.41. The molecule has 7 heteroatoms. The van der Waals surface area contributed by atoms with E-state index in [2.05, 4.69) is 20.5 Å². The maximum Gasteiger partial charge on any atom is 0.277 e. The van der Waals surface area contributed by atoms with Gasteiger partial charge in [-0.25, -0.2) is 4.98 Å². The Morgan fingerprint density at radius 1 is 1.33 bits per heavy atom. The fourth-order valence-electron chi connectivity index (χ4n) is 2.99. The number of ether oxygens (including phenoxy) is 1. The summed E-state index contributed by atoms with van der Waals surface area (Å²) in [7, 11) is 0. The molecule has 1 aliphatic rings. The molecular formula is C17H18N4O3. The van der Waals surface area contributed by atoms with Crippen LogP contribution in [0.5, 0.6) is 0 Å². The number of anilines is 1. The van der Waals surface area contributed by atoms with Gasteiger partial charge in [-0.1, -0.05) is 6.07 Å². The first-order valence-corrected chi connectivity index (χ1v) is 7.99. The van der Waals surface area contributed by atoms with Gasteiger partial charge >= 0.3 is 0 Å². The largest absolute Gasteiger partial charge is 0.448 e. The van der Waals surface area contributed by atoms with Crippen molar-refractivity contribution in [2.24, 2.45) is 0 Å². The van der Waals surface area contributed by atoms with Gasteiger partial charge in [-0.2, -0.15) is 5.10 Å². The predicted molar refractivity (Wildman–Crippen MR) is 88.1 cm³/mol. The number of amides is 1. The van der Waals surface area contributed by atoms with Gasteiger partial charge in [0.1, 0.15) is 6.26 Å². The molecule has 0 radical (unpaired) electrons. The minimum Gasteiger partial charge on any atom is -0.448 e. The number of fused-ring (bicyclic) bond motifs is 1. The van der Waals surface area contributed by atoms with Crippen LogP contribution in [0, 0.1) is 6.92 Å². The number of carbonyl (C=O) groups is 1. The SMILES string of the molecule is Cc1ccc(NC(=O)c2coc(C3CCOCC3)n2)c2[nH]ncc12. The Bertz CT molecular complexity index is 877. The highest BCUT2D eigenvalue weighted by Crippen LogP contribution is 2.27. The maximum atomic E-state index is 12.5. The standard InChI is InChI=1S/C17H18N4O3/c1-10-2-3-13(15-12(10)8-18-21-15)19-16(22)14-9-24-17(20-14)11-4-6-23-7-5-11/h2-3,8-9,11H,4-7H2,1H3,(H,18,21)(H,19,22). The average molecular weight is 326 g/mol. The minimum atomic E-state index is -0.295. The van der Waals surface area contributed by atoms with Crippen LogP contribution >= 0.6 is 0 Å². The average Bonchev–Trinajstić information content (AvgIpc) is 3.28. The first-order chi connectivity index (χ1) is 11.7. The van der Waals surface area contributed by atoms with Crippen LogP contribution in [-0.4, -0.2) is 34.3 Å². The van der Waals surface area contributed by atoms with Crippen LogP contribution in [0.4, 0.5) is 5.69 Å². The van der Waals surface area contributed by atoms with Gasteiger partial charge in [-0.15, -0.1) is 0 Å². The first-order valence-electron chi connectivity index (χ1n) is 7.99. The maximum absolute atomic E-state index is 12.5. The third-order valence-electron chi connectivity index (χ3n) is 4.41. The highest BCUT2D eigenvalue weighted by Gasteiger charge is 2.22. The van der Waals surface area contributed by atoms with E-state index in [0.717, 1.165) is 29.3 Å². The van der Waals surface area contributed by atoms with Crippen molar-refractivity contribution in [2.75, 3.05) is 18.5 Å². The van der Waals surface area contributed by atoms with Crippen molar-refractivity contribution in [2.45, 2.75) is 25.7 Å². The zero-order valence-corrected chi connectivity index (χ0v) is 13.3. The van der Waals surface area contributed by atoms with Gasteiger partial charge in [0, 0.05) is 24.5 Å². The molecular weight excluding hydrogens is 308 g/mol. The third kappa shape index (κ3) is 2.67. The summed E-state index contributed by atoms with van der Waals surface area (Å²) in [6.07, 6.45) is 4.90. The van der Waals surface area contributed by atoms with Crippen molar-refractivity contribution in [1.29, 1.82) is 0 Å². The molecule has 0 spiro atoms. The Hall–Kier alpha value is -2.67. The van der Waals surface area contributed by atoms with E-state index in [9.17, 15) is 4.79 Å². The van der Waals surface area contributed by atoms with E-state index in [0.29, 0.717) is 24.8 Å². The number of aryl methyl sites for hydroxylation is 1. The third-order valence-corrected chi connectivity index (χ3v) is 4.41. The fraction of sp³-hybridized carbons (Fsp3) is 0.353. The molecule has 3 aromatic rings. The smallest absolute Gasteiger partial charge is 0.277 e. The Morgan fingerprint density at radius 3 is 3.00 bits per heavy atom. The molecule has 24 heavy (non-hydrogen) atoms. The topological polar surface area (TPSA) is 93.0 Å². The second kappa shape index (κ2) is 6.09. The normalized spacial score (nSPS) is 15.7. The van der Waals surface area contributed by atoms with E-state index in [1.54, 1.807) is 6.20 Å². The highest BCUT2D eigenvalue weighted by molar-refractivity contribution is 6.07. The number of benzene rings is 1. The van der Waals surface area contributed by atoms with Crippen LogP contribution in [-0.2, 0) is 4.74 Å². The number of nitrogens with zero attached hydrogens (tertiary/aromatic N) is 2. The second-order valence-corrected chi connectivity index (χ2v) is 6.00. The van der Waals surface area contributed by atoms with Crippen LogP contribution in [0.25, 0.3) is 10.9 Å². The van der Waals surface area contributed by atoms with E-state index >= 15 is 0 Å². The zero-order chi connectivity index (χ0) is 16.5. The van der Waals surface area contributed by atoms with Gasteiger partial charge in [-0.3, -0.25) is 9.89 Å². The van der Waals surface area contributed by atoms with E-state index in [4.69, 9.17) is 9.15 Å². The Balaban J connectivity index is 1.54. The number of nitrogens with one attached hydrogen (secondary N) is 2. The van der Waals surface area contributed by atoms with Gasteiger partial charge in [0.05, 0.1) is 17.4 Å². The molecule has 1 fully saturated rings. The summed E-state index contributed by atoms with van der Waals surface area (Å²) in [4.78, 5) is 16.8. The van der Waals surface area contributed by atoms with Crippen LogP contribution in [0.3, 0.4) is 0 Å². The fourth-order valence-corrected chi connectivity index (χ4v) is 2.99. The molecule has 2 aromatic heterocycles. The highest BCUT2D eigenvalue weighted by atomic mass is 16.5. The molecule has 4 rings (SSSR count). The summed E-state index contributed by atoms with van der Waals surface area (Å²) in [5.41, 5.74) is 2.86. The lowest BCUT2D eigenvalue weighted by atomic mass is 10.0. The van der Waals surface area contributed by atoms with Gasteiger partial charge < -0.3 is 14.5 Å². The van der Waals surface area contributed by atoms with Gasteiger partial charge in [-0.05, 0) is 31.4 Å². The molecule has 0 atom stereocenters. The summed E-state index contributed by atoms with van der Waals surface area (Å²) in [5, 5.41) is 10.8. The Labute approximate surface area is 138 Å². The molecule has 1 aromatic carbocycles. The molecule has 0 bridgehead atoms. The van der Waals surface area contributed by atoms with Crippen molar-refractivity contribution in [1.82, 2.24) is 15.2 Å². The van der Waals surface area contributed by atoms with Crippen molar-refractivity contribution in [3.8, 4) is 0 Å². The molecule has 3 heterocycles. The number of aromatic amines is 1. The number of hydrogen-bond acceptors (Lipinski definition) is 5.